The monoisotopic (exact) mass is 231 g/mol. The second kappa shape index (κ2) is 3.81. The third kappa shape index (κ3) is 1.69. The molecule has 3 heterocycles. The molecule has 8 nitrogen and oxygen atoms in total. The van der Waals surface area contributed by atoms with Crippen LogP contribution in [0.3, 0.4) is 0 Å². The zero-order valence-electron chi connectivity index (χ0n) is 9.03. The highest BCUT2D eigenvalue weighted by atomic mass is 16.5. The second-order valence-corrected chi connectivity index (χ2v) is 3.42. The minimum atomic E-state index is 0.426. The van der Waals surface area contributed by atoms with Crippen molar-refractivity contribution in [2.24, 2.45) is 0 Å². The average molecular weight is 231 g/mol. The van der Waals surface area contributed by atoms with Crippen LogP contribution < -0.4 is 5.32 Å². The van der Waals surface area contributed by atoms with Crippen molar-refractivity contribution in [3.8, 4) is 0 Å². The molecule has 0 spiro atoms. The summed E-state index contributed by atoms with van der Waals surface area (Å²) in [4.78, 5) is 8.10. The van der Waals surface area contributed by atoms with E-state index >= 15 is 0 Å². The van der Waals surface area contributed by atoms with Gasteiger partial charge in [0.05, 0.1) is 6.54 Å². The van der Waals surface area contributed by atoms with Gasteiger partial charge in [-0.05, 0) is 6.92 Å². The molecule has 0 radical (unpaired) electrons. The minimum Gasteiger partial charge on any atom is -0.359 e. The van der Waals surface area contributed by atoms with E-state index in [1.54, 1.807) is 6.20 Å². The molecule has 8 heteroatoms. The molecule has 0 saturated carbocycles. The zero-order chi connectivity index (χ0) is 11.7. The molecule has 0 unspecified atom stereocenters. The van der Waals surface area contributed by atoms with Crippen LogP contribution in [0, 0.1) is 6.92 Å². The Morgan fingerprint density at radius 2 is 2.29 bits per heavy atom. The van der Waals surface area contributed by atoms with E-state index in [0.29, 0.717) is 23.8 Å². The summed E-state index contributed by atoms with van der Waals surface area (Å²) < 4.78 is 6.49. The smallest absolute Gasteiger partial charge is 0.213 e. The summed E-state index contributed by atoms with van der Waals surface area (Å²) in [5.41, 5.74) is 0.675. The van der Waals surface area contributed by atoms with Crippen LogP contribution in [-0.2, 0) is 6.54 Å². The fourth-order valence-corrected chi connectivity index (χ4v) is 1.50. The van der Waals surface area contributed by atoms with Crippen molar-refractivity contribution in [2.45, 2.75) is 13.5 Å². The normalized spacial score (nSPS) is 10.9. The fourth-order valence-electron chi connectivity index (χ4n) is 1.50. The van der Waals surface area contributed by atoms with Crippen LogP contribution >= 0.6 is 0 Å². The molecule has 0 fully saturated rings. The van der Waals surface area contributed by atoms with Crippen molar-refractivity contribution in [1.29, 1.82) is 0 Å². The standard InChI is InChI=1S/C9H9N7O/c1-6-13-14-9-8(10-2-3-16(6)9)11-4-7-12-5-17-15-7/h2-3,5H,4H2,1H3,(H,10,11). The summed E-state index contributed by atoms with van der Waals surface area (Å²) in [6, 6.07) is 0. The van der Waals surface area contributed by atoms with E-state index in [2.05, 4.69) is 35.2 Å². The highest BCUT2D eigenvalue weighted by molar-refractivity contribution is 5.61. The predicted octanol–water partition coefficient (Wildman–Crippen LogP) is 0.428. The summed E-state index contributed by atoms with van der Waals surface area (Å²) in [6.07, 6.45) is 4.78. The Labute approximate surface area is 95.7 Å². The average Bonchev–Trinajstić information content (AvgIpc) is 2.97. The first-order chi connectivity index (χ1) is 8.34. The highest BCUT2D eigenvalue weighted by Gasteiger charge is 2.07. The Balaban J connectivity index is 1.90. The van der Waals surface area contributed by atoms with Gasteiger partial charge in [-0.3, -0.25) is 4.40 Å². The number of aromatic nitrogens is 6. The van der Waals surface area contributed by atoms with Gasteiger partial charge in [-0.2, -0.15) is 4.98 Å². The van der Waals surface area contributed by atoms with Crippen molar-refractivity contribution < 1.29 is 4.52 Å². The summed E-state index contributed by atoms with van der Waals surface area (Å²) in [7, 11) is 0. The van der Waals surface area contributed by atoms with E-state index in [9.17, 15) is 0 Å². The first-order valence-electron chi connectivity index (χ1n) is 5.00. The summed E-state index contributed by atoms with van der Waals surface area (Å²) >= 11 is 0. The van der Waals surface area contributed by atoms with Gasteiger partial charge in [0.25, 0.3) is 0 Å². The van der Waals surface area contributed by atoms with Crippen LogP contribution in [0.15, 0.2) is 23.3 Å². The van der Waals surface area contributed by atoms with Crippen molar-refractivity contribution in [2.75, 3.05) is 5.32 Å². The molecule has 1 N–H and O–H groups in total. The third-order valence-corrected chi connectivity index (χ3v) is 2.32. The fraction of sp³-hybridized carbons (Fsp3) is 0.222. The molecule has 0 amide bonds. The Bertz CT molecular complexity index is 630. The van der Waals surface area contributed by atoms with Gasteiger partial charge in [-0.25, -0.2) is 4.98 Å². The Morgan fingerprint density at radius 1 is 1.35 bits per heavy atom. The number of fused-ring (bicyclic) bond motifs is 1. The van der Waals surface area contributed by atoms with Gasteiger partial charge in [-0.1, -0.05) is 5.16 Å². The molecular weight excluding hydrogens is 222 g/mol. The first-order valence-corrected chi connectivity index (χ1v) is 5.00. The molecule has 3 rings (SSSR count). The molecule has 3 aromatic rings. The molecule has 3 aromatic heterocycles. The summed E-state index contributed by atoms with van der Waals surface area (Å²) in [5, 5.41) is 14.8. The van der Waals surface area contributed by atoms with E-state index in [1.165, 1.54) is 6.39 Å². The molecule has 0 saturated heterocycles. The lowest BCUT2D eigenvalue weighted by molar-refractivity contribution is 0.411. The van der Waals surface area contributed by atoms with E-state index < -0.39 is 0 Å². The van der Waals surface area contributed by atoms with Crippen LogP contribution in [-0.4, -0.2) is 29.7 Å². The summed E-state index contributed by atoms with van der Waals surface area (Å²) in [6.45, 7) is 2.30. The highest BCUT2D eigenvalue weighted by Crippen LogP contribution is 2.12. The summed E-state index contributed by atoms with van der Waals surface area (Å²) in [5.74, 6) is 2.01. The Morgan fingerprint density at radius 3 is 3.12 bits per heavy atom. The van der Waals surface area contributed by atoms with Gasteiger partial charge in [0.15, 0.2) is 11.6 Å². The molecule has 0 aliphatic carbocycles. The molecular formula is C9H9N7O. The second-order valence-electron chi connectivity index (χ2n) is 3.42. The Hall–Kier alpha value is -2.51. The first kappa shape index (κ1) is 9.70. The van der Waals surface area contributed by atoms with Crippen molar-refractivity contribution in [1.82, 2.24) is 29.7 Å². The van der Waals surface area contributed by atoms with Gasteiger partial charge in [0.2, 0.25) is 12.0 Å². The largest absolute Gasteiger partial charge is 0.359 e. The van der Waals surface area contributed by atoms with Crippen LogP contribution in [0.4, 0.5) is 5.82 Å². The molecule has 0 aliphatic rings. The van der Waals surface area contributed by atoms with Crippen LogP contribution in [0.5, 0.6) is 0 Å². The maximum absolute atomic E-state index is 4.64. The van der Waals surface area contributed by atoms with Gasteiger partial charge in [0.1, 0.15) is 5.82 Å². The number of aryl methyl sites for hydroxylation is 1. The number of rotatable bonds is 3. The molecule has 0 aliphatic heterocycles. The molecule has 86 valence electrons. The van der Waals surface area contributed by atoms with Crippen molar-refractivity contribution in [3.63, 3.8) is 0 Å². The Kier molecular flexibility index (Phi) is 2.18. The molecule has 0 bridgehead atoms. The van der Waals surface area contributed by atoms with E-state index in [0.717, 1.165) is 5.82 Å². The maximum Gasteiger partial charge on any atom is 0.213 e. The lowest BCUT2D eigenvalue weighted by Crippen LogP contribution is -2.05. The topological polar surface area (TPSA) is 94.0 Å². The van der Waals surface area contributed by atoms with E-state index in [4.69, 9.17) is 0 Å². The zero-order valence-corrected chi connectivity index (χ0v) is 9.03. The third-order valence-electron chi connectivity index (χ3n) is 2.32. The maximum atomic E-state index is 4.64. The van der Waals surface area contributed by atoms with Crippen molar-refractivity contribution >= 4 is 11.5 Å². The molecule has 17 heavy (non-hydrogen) atoms. The van der Waals surface area contributed by atoms with E-state index in [-0.39, 0.29) is 0 Å². The van der Waals surface area contributed by atoms with Gasteiger partial charge < -0.3 is 9.84 Å². The van der Waals surface area contributed by atoms with Gasteiger partial charge in [-0.15, -0.1) is 10.2 Å². The SMILES string of the molecule is Cc1nnc2c(NCc3ncon3)nccn12. The number of hydrogen-bond donors (Lipinski definition) is 1. The lowest BCUT2D eigenvalue weighted by atomic mass is 10.5. The van der Waals surface area contributed by atoms with Crippen LogP contribution in [0.1, 0.15) is 11.6 Å². The van der Waals surface area contributed by atoms with Crippen LogP contribution in [0.2, 0.25) is 0 Å². The van der Waals surface area contributed by atoms with E-state index in [1.807, 2.05) is 17.5 Å². The molecule has 0 aromatic carbocycles. The predicted molar refractivity (Wildman–Crippen MR) is 57.1 cm³/mol. The number of anilines is 1. The molecule has 0 atom stereocenters. The number of nitrogens with zero attached hydrogens (tertiary/aromatic N) is 6. The van der Waals surface area contributed by atoms with Crippen molar-refractivity contribution in [3.05, 3.63) is 30.4 Å². The van der Waals surface area contributed by atoms with Gasteiger partial charge in [0, 0.05) is 12.4 Å². The number of nitrogens with one attached hydrogen (secondary N) is 1. The number of hydrogen-bond acceptors (Lipinski definition) is 7. The van der Waals surface area contributed by atoms with Crippen LogP contribution in [0.25, 0.3) is 5.65 Å². The van der Waals surface area contributed by atoms with Gasteiger partial charge >= 0.3 is 0 Å². The quantitative estimate of drug-likeness (QED) is 0.698. The lowest BCUT2D eigenvalue weighted by Gasteiger charge is -2.03. The minimum absolute atomic E-state index is 0.426.